The van der Waals surface area contributed by atoms with E-state index in [0.717, 1.165) is 5.69 Å². The maximum atomic E-state index is 12.5. The van der Waals surface area contributed by atoms with E-state index in [2.05, 4.69) is 25.4 Å². The Kier molecular flexibility index (Phi) is 5.33. The van der Waals surface area contributed by atoms with Crippen molar-refractivity contribution in [3.05, 3.63) is 72.8 Å². The summed E-state index contributed by atoms with van der Waals surface area (Å²) >= 11 is 0. The fraction of sp³-hybridized carbons (Fsp3) is 0.0952. The molecule has 2 heterocycles. The molecule has 30 heavy (non-hydrogen) atoms. The van der Waals surface area contributed by atoms with Gasteiger partial charge in [0.15, 0.2) is 6.33 Å². The highest BCUT2D eigenvalue weighted by atomic mass is 16.5. The number of benzene rings is 2. The highest BCUT2D eigenvalue weighted by Crippen LogP contribution is 2.24. The van der Waals surface area contributed by atoms with E-state index in [1.807, 2.05) is 37.2 Å². The standard InChI is InChI=1S/C21H18N6O3/c1-27(2)16-5-3-4-14(10-16)20(28)26-15-6-8-17(9-7-15)29-19-11-18(22-12-23-19)21-24-13-25-30-21/h3-13H,1-2H3,(H,26,28). The van der Waals surface area contributed by atoms with Crippen LogP contribution in [-0.2, 0) is 0 Å². The molecule has 0 aliphatic heterocycles. The fourth-order valence-corrected chi connectivity index (χ4v) is 2.65. The van der Waals surface area contributed by atoms with Crippen molar-refractivity contribution < 1.29 is 14.1 Å². The van der Waals surface area contributed by atoms with E-state index in [9.17, 15) is 4.79 Å². The van der Waals surface area contributed by atoms with Crippen LogP contribution >= 0.6 is 0 Å². The van der Waals surface area contributed by atoms with Crippen LogP contribution in [0.5, 0.6) is 11.6 Å². The molecule has 1 N–H and O–H groups in total. The summed E-state index contributed by atoms with van der Waals surface area (Å²) < 4.78 is 10.7. The van der Waals surface area contributed by atoms with Gasteiger partial charge in [0.25, 0.3) is 11.8 Å². The maximum absolute atomic E-state index is 12.5. The summed E-state index contributed by atoms with van der Waals surface area (Å²) in [6.07, 6.45) is 2.65. The molecular formula is C21H18N6O3. The zero-order chi connectivity index (χ0) is 20.9. The lowest BCUT2D eigenvalue weighted by atomic mass is 10.1. The number of hydrogen-bond acceptors (Lipinski definition) is 8. The Hall–Kier alpha value is -4.27. The van der Waals surface area contributed by atoms with E-state index < -0.39 is 0 Å². The van der Waals surface area contributed by atoms with Gasteiger partial charge in [0.05, 0.1) is 0 Å². The lowest BCUT2D eigenvalue weighted by molar-refractivity contribution is 0.102. The quantitative estimate of drug-likeness (QED) is 0.521. The Labute approximate surface area is 172 Å². The van der Waals surface area contributed by atoms with Gasteiger partial charge in [-0.1, -0.05) is 11.2 Å². The average Bonchev–Trinajstić information content (AvgIpc) is 3.30. The van der Waals surface area contributed by atoms with Crippen LogP contribution in [0.1, 0.15) is 10.4 Å². The number of hydrogen-bond donors (Lipinski definition) is 1. The van der Waals surface area contributed by atoms with Gasteiger partial charge >= 0.3 is 0 Å². The molecule has 0 spiro atoms. The number of nitrogens with one attached hydrogen (secondary N) is 1. The highest BCUT2D eigenvalue weighted by molar-refractivity contribution is 6.04. The van der Waals surface area contributed by atoms with Crippen LogP contribution in [0.15, 0.2) is 71.8 Å². The first-order valence-electron chi connectivity index (χ1n) is 9.04. The molecule has 0 unspecified atom stereocenters. The van der Waals surface area contributed by atoms with E-state index in [1.165, 1.54) is 12.7 Å². The van der Waals surface area contributed by atoms with Gasteiger partial charge in [-0.3, -0.25) is 4.79 Å². The predicted octanol–water partition coefficient (Wildman–Crippen LogP) is 3.64. The minimum absolute atomic E-state index is 0.188. The third kappa shape index (κ3) is 4.41. The molecule has 2 aromatic heterocycles. The van der Waals surface area contributed by atoms with Crippen molar-refractivity contribution in [2.45, 2.75) is 0 Å². The lowest BCUT2D eigenvalue weighted by Crippen LogP contribution is -2.14. The van der Waals surface area contributed by atoms with E-state index in [4.69, 9.17) is 9.26 Å². The van der Waals surface area contributed by atoms with Crippen LogP contribution in [0.3, 0.4) is 0 Å². The Morgan fingerprint density at radius 1 is 1.00 bits per heavy atom. The van der Waals surface area contributed by atoms with E-state index in [-0.39, 0.29) is 11.8 Å². The molecule has 4 aromatic rings. The lowest BCUT2D eigenvalue weighted by Gasteiger charge is -2.13. The summed E-state index contributed by atoms with van der Waals surface area (Å²) in [6.45, 7) is 0. The second kappa shape index (κ2) is 8.39. The molecule has 9 nitrogen and oxygen atoms in total. The molecule has 2 aromatic carbocycles. The van der Waals surface area contributed by atoms with Crippen molar-refractivity contribution in [1.82, 2.24) is 20.1 Å². The van der Waals surface area contributed by atoms with E-state index in [1.54, 1.807) is 36.4 Å². The van der Waals surface area contributed by atoms with Gasteiger partial charge in [0, 0.05) is 37.1 Å². The largest absolute Gasteiger partial charge is 0.439 e. The van der Waals surface area contributed by atoms with Crippen LogP contribution in [0, 0.1) is 0 Å². The van der Waals surface area contributed by atoms with Crippen molar-refractivity contribution in [1.29, 1.82) is 0 Å². The summed E-state index contributed by atoms with van der Waals surface area (Å²) in [4.78, 5) is 26.6. The SMILES string of the molecule is CN(C)c1cccc(C(=O)Nc2ccc(Oc3cc(-c4ncno4)ncn3)cc2)c1. The van der Waals surface area contributed by atoms with Gasteiger partial charge in [-0.25, -0.2) is 9.97 Å². The maximum Gasteiger partial charge on any atom is 0.276 e. The topological polar surface area (TPSA) is 106 Å². The van der Waals surface area contributed by atoms with Crippen LogP contribution in [0.4, 0.5) is 11.4 Å². The van der Waals surface area contributed by atoms with Gasteiger partial charge in [0.1, 0.15) is 17.8 Å². The van der Waals surface area contributed by atoms with Crippen LogP contribution in [0.2, 0.25) is 0 Å². The number of nitrogens with zero attached hydrogens (tertiary/aromatic N) is 5. The van der Waals surface area contributed by atoms with E-state index >= 15 is 0 Å². The summed E-state index contributed by atoms with van der Waals surface area (Å²) in [5.74, 6) is 0.972. The van der Waals surface area contributed by atoms with Gasteiger partial charge in [-0.05, 0) is 42.5 Å². The van der Waals surface area contributed by atoms with Gasteiger partial charge in [0.2, 0.25) is 5.88 Å². The number of carbonyl (C=O) groups excluding carboxylic acids is 1. The average molecular weight is 402 g/mol. The molecule has 0 aliphatic rings. The highest BCUT2D eigenvalue weighted by Gasteiger charge is 2.10. The molecule has 0 saturated carbocycles. The molecule has 4 rings (SSSR count). The fourth-order valence-electron chi connectivity index (χ4n) is 2.65. The van der Waals surface area contributed by atoms with Crippen molar-refractivity contribution in [3.63, 3.8) is 0 Å². The van der Waals surface area contributed by atoms with E-state index in [0.29, 0.717) is 28.6 Å². The first kappa shape index (κ1) is 19.1. The molecule has 1 amide bonds. The van der Waals surface area contributed by atoms with Crippen LogP contribution in [0.25, 0.3) is 11.6 Å². The predicted molar refractivity (Wildman–Crippen MR) is 111 cm³/mol. The number of aromatic nitrogens is 4. The Balaban J connectivity index is 1.43. The Morgan fingerprint density at radius 3 is 2.57 bits per heavy atom. The molecule has 0 fully saturated rings. The minimum Gasteiger partial charge on any atom is -0.439 e. The molecule has 0 aliphatic carbocycles. The molecule has 0 atom stereocenters. The minimum atomic E-state index is -0.188. The second-order valence-corrected chi connectivity index (χ2v) is 6.51. The second-order valence-electron chi connectivity index (χ2n) is 6.51. The smallest absolute Gasteiger partial charge is 0.276 e. The zero-order valence-electron chi connectivity index (χ0n) is 16.3. The number of ether oxygens (including phenoxy) is 1. The van der Waals surface area contributed by atoms with Gasteiger partial charge in [-0.2, -0.15) is 4.98 Å². The summed E-state index contributed by atoms with van der Waals surface area (Å²) in [7, 11) is 3.86. The summed E-state index contributed by atoms with van der Waals surface area (Å²) in [5.41, 5.74) is 2.64. The first-order valence-corrected chi connectivity index (χ1v) is 9.04. The normalized spacial score (nSPS) is 10.5. The van der Waals surface area contributed by atoms with Crippen LogP contribution < -0.4 is 15.0 Å². The summed E-state index contributed by atoms with van der Waals surface area (Å²) in [5, 5.41) is 6.43. The van der Waals surface area contributed by atoms with Crippen molar-refractivity contribution >= 4 is 17.3 Å². The van der Waals surface area contributed by atoms with Crippen molar-refractivity contribution in [3.8, 4) is 23.2 Å². The van der Waals surface area contributed by atoms with Gasteiger partial charge < -0.3 is 19.5 Å². The number of amides is 1. The molecular weight excluding hydrogens is 384 g/mol. The third-order valence-electron chi connectivity index (χ3n) is 4.18. The number of anilines is 2. The van der Waals surface area contributed by atoms with Crippen molar-refractivity contribution in [2.24, 2.45) is 0 Å². The first-order chi connectivity index (χ1) is 14.6. The molecule has 150 valence electrons. The third-order valence-corrected chi connectivity index (χ3v) is 4.18. The Morgan fingerprint density at radius 2 is 1.83 bits per heavy atom. The van der Waals surface area contributed by atoms with Gasteiger partial charge in [-0.15, -0.1) is 0 Å². The van der Waals surface area contributed by atoms with Crippen LogP contribution in [-0.4, -0.2) is 40.1 Å². The summed E-state index contributed by atoms with van der Waals surface area (Å²) in [6, 6.07) is 16.0. The molecule has 0 bridgehead atoms. The molecule has 0 radical (unpaired) electrons. The zero-order valence-corrected chi connectivity index (χ0v) is 16.3. The number of carbonyl (C=O) groups is 1. The van der Waals surface area contributed by atoms with Crippen molar-refractivity contribution in [2.75, 3.05) is 24.3 Å². The number of rotatable bonds is 6. The monoisotopic (exact) mass is 402 g/mol. The Bertz CT molecular complexity index is 1140. The molecule has 0 saturated heterocycles. The molecule has 9 heteroatoms.